The van der Waals surface area contributed by atoms with Crippen LogP contribution in [0.4, 0.5) is 5.69 Å². The van der Waals surface area contributed by atoms with E-state index in [0.29, 0.717) is 0 Å². The number of anilines is 1. The average Bonchev–Trinajstić information content (AvgIpc) is 1.92. The number of hydrogen-bond acceptors (Lipinski definition) is 4. The Labute approximate surface area is 69.9 Å². The van der Waals surface area contributed by atoms with Gasteiger partial charge in [-0.05, 0) is 19.1 Å². The number of benzene rings is 1. The quantitative estimate of drug-likeness (QED) is 0.273. The van der Waals surface area contributed by atoms with Gasteiger partial charge >= 0.3 is 0 Å². The second kappa shape index (κ2) is 2.66. The molecule has 0 atom stereocenters. The summed E-state index contributed by atoms with van der Waals surface area (Å²) in [7, 11) is 0. The highest BCUT2D eigenvalue weighted by Gasteiger charge is 2.23. The molecule has 12 heavy (non-hydrogen) atoms. The minimum Gasteiger partial charge on any atom is -0.505 e. The summed E-state index contributed by atoms with van der Waals surface area (Å²) in [6.07, 6.45) is 0. The molecule has 0 aliphatic rings. The van der Waals surface area contributed by atoms with Gasteiger partial charge in [0.15, 0.2) is 5.79 Å². The fraction of sp³-hybridized carbons (Fsp3) is 0.250. The second-order valence-electron chi connectivity index (χ2n) is 2.76. The first kappa shape index (κ1) is 8.83. The minimum absolute atomic E-state index is 0.00231. The molecular formula is C8H11NO3. The van der Waals surface area contributed by atoms with Gasteiger partial charge in [0.25, 0.3) is 0 Å². The second-order valence-corrected chi connectivity index (χ2v) is 2.76. The van der Waals surface area contributed by atoms with Gasteiger partial charge in [-0.3, -0.25) is 0 Å². The summed E-state index contributed by atoms with van der Waals surface area (Å²) in [5.41, 5.74) is 5.47. The third kappa shape index (κ3) is 1.49. The molecule has 1 rings (SSSR count). The summed E-state index contributed by atoms with van der Waals surface area (Å²) < 4.78 is 0. The highest BCUT2D eigenvalue weighted by Crippen LogP contribution is 2.31. The van der Waals surface area contributed by atoms with Gasteiger partial charge < -0.3 is 21.1 Å². The van der Waals surface area contributed by atoms with Crippen molar-refractivity contribution in [3.05, 3.63) is 23.8 Å². The molecule has 0 bridgehead atoms. The minimum atomic E-state index is -2.06. The SMILES string of the molecule is CC(O)(O)c1cccc(N)c1O. The van der Waals surface area contributed by atoms with Gasteiger partial charge in [0.05, 0.1) is 11.3 Å². The van der Waals surface area contributed by atoms with Crippen LogP contribution in [0.3, 0.4) is 0 Å². The lowest BCUT2D eigenvalue weighted by Gasteiger charge is -2.17. The van der Waals surface area contributed by atoms with E-state index in [-0.39, 0.29) is 17.0 Å². The maximum absolute atomic E-state index is 9.29. The summed E-state index contributed by atoms with van der Waals surface area (Å²) in [5.74, 6) is -2.34. The zero-order valence-corrected chi connectivity index (χ0v) is 6.65. The van der Waals surface area contributed by atoms with Crippen molar-refractivity contribution in [2.45, 2.75) is 12.7 Å². The third-order valence-corrected chi connectivity index (χ3v) is 1.58. The standard InChI is InChI=1S/C8H11NO3/c1-8(11,12)5-3-2-4-6(9)7(5)10/h2-4,10-12H,9H2,1H3. The monoisotopic (exact) mass is 169 g/mol. The number of nitrogens with two attached hydrogens (primary N) is 1. The Hall–Kier alpha value is -1.26. The Morgan fingerprint density at radius 2 is 1.92 bits per heavy atom. The van der Waals surface area contributed by atoms with Gasteiger partial charge in [-0.15, -0.1) is 0 Å². The molecule has 0 aliphatic heterocycles. The number of aromatic hydroxyl groups is 1. The van der Waals surface area contributed by atoms with E-state index in [1.54, 1.807) is 0 Å². The van der Waals surface area contributed by atoms with Crippen molar-refractivity contribution in [3.63, 3.8) is 0 Å². The number of para-hydroxylation sites is 1. The van der Waals surface area contributed by atoms with Crippen LogP contribution in [0.5, 0.6) is 5.75 Å². The molecule has 0 saturated heterocycles. The predicted octanol–water partition coefficient (Wildman–Crippen LogP) is 0.132. The van der Waals surface area contributed by atoms with Crippen LogP contribution in [0, 0.1) is 0 Å². The van der Waals surface area contributed by atoms with E-state index < -0.39 is 5.79 Å². The van der Waals surface area contributed by atoms with E-state index in [4.69, 9.17) is 15.9 Å². The lowest BCUT2D eigenvalue weighted by molar-refractivity contribution is -0.153. The third-order valence-electron chi connectivity index (χ3n) is 1.58. The molecular weight excluding hydrogens is 158 g/mol. The van der Waals surface area contributed by atoms with E-state index in [0.717, 1.165) is 6.92 Å². The van der Waals surface area contributed by atoms with Crippen molar-refractivity contribution in [3.8, 4) is 5.75 Å². The summed E-state index contributed by atoms with van der Waals surface area (Å²) in [5, 5.41) is 27.6. The first-order valence-electron chi connectivity index (χ1n) is 3.45. The molecule has 0 radical (unpaired) electrons. The van der Waals surface area contributed by atoms with Gasteiger partial charge in [-0.1, -0.05) is 6.07 Å². The Morgan fingerprint density at radius 3 is 2.33 bits per heavy atom. The molecule has 0 saturated carbocycles. The Morgan fingerprint density at radius 1 is 1.33 bits per heavy atom. The Balaban J connectivity index is 3.26. The van der Waals surface area contributed by atoms with Crippen LogP contribution in [-0.4, -0.2) is 15.3 Å². The van der Waals surface area contributed by atoms with Crippen LogP contribution in [0.1, 0.15) is 12.5 Å². The molecule has 4 heteroatoms. The van der Waals surface area contributed by atoms with Crippen LogP contribution in [0.2, 0.25) is 0 Å². The first-order chi connectivity index (χ1) is 5.43. The molecule has 66 valence electrons. The molecule has 0 heterocycles. The van der Waals surface area contributed by atoms with Crippen LogP contribution in [0.15, 0.2) is 18.2 Å². The van der Waals surface area contributed by atoms with Crippen LogP contribution in [-0.2, 0) is 5.79 Å². The maximum Gasteiger partial charge on any atom is 0.190 e. The number of rotatable bonds is 1. The normalized spacial score (nSPS) is 11.6. The fourth-order valence-electron chi connectivity index (χ4n) is 0.944. The van der Waals surface area contributed by atoms with Crippen molar-refractivity contribution in [2.75, 3.05) is 5.73 Å². The van der Waals surface area contributed by atoms with Gasteiger partial charge in [0, 0.05) is 0 Å². The zero-order valence-electron chi connectivity index (χ0n) is 6.65. The van der Waals surface area contributed by atoms with E-state index in [9.17, 15) is 5.11 Å². The number of nitrogen functional groups attached to an aromatic ring is 1. The van der Waals surface area contributed by atoms with Crippen molar-refractivity contribution in [1.82, 2.24) is 0 Å². The lowest BCUT2D eigenvalue weighted by Crippen LogP contribution is -2.20. The first-order valence-corrected chi connectivity index (χ1v) is 3.45. The summed E-state index contributed by atoms with van der Waals surface area (Å²) in [6.45, 7) is 1.15. The fourth-order valence-corrected chi connectivity index (χ4v) is 0.944. The van der Waals surface area contributed by atoms with Crippen LogP contribution >= 0.6 is 0 Å². The van der Waals surface area contributed by atoms with E-state index in [1.165, 1.54) is 18.2 Å². The van der Waals surface area contributed by atoms with Crippen LogP contribution in [0.25, 0.3) is 0 Å². The molecule has 0 amide bonds. The molecule has 0 spiro atoms. The summed E-state index contributed by atoms with van der Waals surface area (Å²) in [6, 6.07) is 4.41. The molecule has 0 aromatic heterocycles. The molecule has 1 aromatic rings. The van der Waals surface area contributed by atoms with Crippen LogP contribution < -0.4 is 5.73 Å². The number of hydrogen-bond donors (Lipinski definition) is 4. The number of aliphatic hydroxyl groups is 2. The van der Waals surface area contributed by atoms with Gasteiger partial charge in [0.2, 0.25) is 0 Å². The van der Waals surface area contributed by atoms with Gasteiger partial charge in [-0.25, -0.2) is 0 Å². The van der Waals surface area contributed by atoms with Gasteiger partial charge in [-0.2, -0.15) is 0 Å². The maximum atomic E-state index is 9.29. The average molecular weight is 169 g/mol. The summed E-state index contributed by atoms with van der Waals surface area (Å²) in [4.78, 5) is 0. The lowest BCUT2D eigenvalue weighted by atomic mass is 10.1. The van der Waals surface area contributed by atoms with Crippen molar-refractivity contribution >= 4 is 5.69 Å². The zero-order chi connectivity index (χ0) is 9.35. The van der Waals surface area contributed by atoms with Gasteiger partial charge in [0.1, 0.15) is 5.75 Å². The number of phenolic OH excluding ortho intramolecular Hbond substituents is 1. The van der Waals surface area contributed by atoms with Crippen molar-refractivity contribution in [2.24, 2.45) is 0 Å². The largest absolute Gasteiger partial charge is 0.505 e. The van der Waals surface area contributed by atoms with Crippen molar-refractivity contribution in [1.29, 1.82) is 0 Å². The van der Waals surface area contributed by atoms with Crippen molar-refractivity contribution < 1.29 is 15.3 Å². The molecule has 0 aliphatic carbocycles. The molecule has 5 N–H and O–H groups in total. The predicted molar refractivity (Wildman–Crippen MR) is 44.3 cm³/mol. The molecule has 1 aromatic carbocycles. The van der Waals surface area contributed by atoms with E-state index in [2.05, 4.69) is 0 Å². The topological polar surface area (TPSA) is 86.7 Å². The highest BCUT2D eigenvalue weighted by molar-refractivity contribution is 5.56. The molecule has 0 fully saturated rings. The number of phenols is 1. The highest BCUT2D eigenvalue weighted by atomic mass is 16.5. The molecule has 0 unspecified atom stereocenters. The van der Waals surface area contributed by atoms with E-state index in [1.807, 2.05) is 0 Å². The van der Waals surface area contributed by atoms with E-state index >= 15 is 0 Å². The Bertz CT molecular complexity index is 291. The molecule has 4 nitrogen and oxygen atoms in total. The summed E-state index contributed by atoms with van der Waals surface area (Å²) >= 11 is 0. The Kier molecular flexibility index (Phi) is 1.95. The smallest absolute Gasteiger partial charge is 0.190 e.